The van der Waals surface area contributed by atoms with Crippen molar-refractivity contribution in [2.45, 2.75) is 13.0 Å². The molecule has 1 atom stereocenters. The lowest BCUT2D eigenvalue weighted by Gasteiger charge is -2.18. The number of hydrogen-bond donors (Lipinski definition) is 1. The Bertz CT molecular complexity index is 1070. The average molecular weight is 377 g/mol. The molecule has 4 rings (SSSR count). The summed E-state index contributed by atoms with van der Waals surface area (Å²) in [5, 5.41) is 0.808. The molecule has 1 N–H and O–H groups in total. The van der Waals surface area contributed by atoms with Crippen molar-refractivity contribution in [1.82, 2.24) is 4.98 Å². The van der Waals surface area contributed by atoms with Gasteiger partial charge in [0, 0.05) is 28.7 Å². The minimum atomic E-state index is -0.892. The standard InChI is InChI=1S/C22H19NO5/c1-14(22(25)17-13-23-18-5-3-2-4-16(17)18)28-21(24)9-7-15-6-8-19-20(12-15)27-11-10-26-19/h2-9,12-14,23H,10-11H2,1H3/b9-7+/t14-/m0/s1. The van der Waals surface area contributed by atoms with Gasteiger partial charge in [0.15, 0.2) is 17.6 Å². The summed E-state index contributed by atoms with van der Waals surface area (Å²) in [5.41, 5.74) is 2.14. The molecule has 1 aliphatic heterocycles. The van der Waals surface area contributed by atoms with Crippen LogP contribution in [0.15, 0.2) is 54.7 Å². The number of H-pyrrole nitrogens is 1. The second-order valence-corrected chi connectivity index (χ2v) is 6.43. The predicted molar refractivity (Wildman–Crippen MR) is 105 cm³/mol. The van der Waals surface area contributed by atoms with Crippen molar-refractivity contribution >= 4 is 28.7 Å². The van der Waals surface area contributed by atoms with E-state index in [1.807, 2.05) is 30.3 Å². The largest absolute Gasteiger partial charge is 0.486 e. The van der Waals surface area contributed by atoms with Crippen molar-refractivity contribution in [3.05, 3.63) is 65.9 Å². The number of Topliss-reactive ketones (excluding diaryl/α,β-unsaturated/α-hetero) is 1. The highest BCUT2D eigenvalue weighted by Gasteiger charge is 2.21. The van der Waals surface area contributed by atoms with Crippen molar-refractivity contribution in [1.29, 1.82) is 0 Å². The van der Waals surface area contributed by atoms with Crippen LogP contribution in [-0.2, 0) is 9.53 Å². The van der Waals surface area contributed by atoms with Gasteiger partial charge in [-0.25, -0.2) is 4.79 Å². The number of carbonyl (C=O) groups excluding carboxylic acids is 2. The fourth-order valence-corrected chi connectivity index (χ4v) is 3.09. The van der Waals surface area contributed by atoms with E-state index in [1.165, 1.54) is 6.08 Å². The van der Waals surface area contributed by atoms with Gasteiger partial charge >= 0.3 is 5.97 Å². The molecule has 1 aromatic heterocycles. The second kappa shape index (κ2) is 7.60. The molecule has 0 radical (unpaired) electrons. The monoisotopic (exact) mass is 377 g/mol. The quantitative estimate of drug-likeness (QED) is 0.416. The molecule has 142 valence electrons. The molecule has 0 saturated carbocycles. The normalized spacial score (nSPS) is 14.2. The SMILES string of the molecule is C[C@H](OC(=O)/C=C/c1ccc2c(c1)OCCO2)C(=O)c1c[nH]c2ccccc12. The Labute approximate surface area is 161 Å². The van der Waals surface area contributed by atoms with Crippen LogP contribution in [0.1, 0.15) is 22.8 Å². The molecular weight excluding hydrogens is 358 g/mol. The molecule has 0 unspecified atom stereocenters. The molecule has 0 bridgehead atoms. The summed E-state index contributed by atoms with van der Waals surface area (Å²) in [4.78, 5) is 27.8. The third-order valence-electron chi connectivity index (χ3n) is 4.49. The summed E-state index contributed by atoms with van der Waals surface area (Å²) in [7, 11) is 0. The molecular formula is C22H19NO5. The summed E-state index contributed by atoms with van der Waals surface area (Å²) >= 11 is 0. The van der Waals surface area contributed by atoms with Gasteiger partial charge < -0.3 is 19.2 Å². The van der Waals surface area contributed by atoms with Gasteiger partial charge in [-0.1, -0.05) is 24.3 Å². The summed E-state index contributed by atoms with van der Waals surface area (Å²) in [5.74, 6) is 0.489. The lowest BCUT2D eigenvalue weighted by molar-refractivity contribution is -0.140. The Morgan fingerprint density at radius 1 is 1.11 bits per heavy atom. The third-order valence-corrected chi connectivity index (χ3v) is 4.49. The molecule has 6 heteroatoms. The molecule has 0 spiro atoms. The van der Waals surface area contributed by atoms with Gasteiger partial charge in [-0.2, -0.15) is 0 Å². The van der Waals surface area contributed by atoms with Crippen LogP contribution >= 0.6 is 0 Å². The first-order valence-corrected chi connectivity index (χ1v) is 9.00. The Hall–Kier alpha value is -3.54. The highest BCUT2D eigenvalue weighted by atomic mass is 16.6. The molecule has 28 heavy (non-hydrogen) atoms. The number of carbonyl (C=O) groups is 2. The van der Waals surface area contributed by atoms with E-state index in [1.54, 1.807) is 31.3 Å². The number of ether oxygens (including phenoxy) is 3. The van der Waals surface area contributed by atoms with Gasteiger partial charge in [0.2, 0.25) is 5.78 Å². The number of nitrogens with one attached hydrogen (secondary N) is 1. The van der Waals surface area contributed by atoms with E-state index in [0.717, 1.165) is 16.5 Å². The molecule has 0 fully saturated rings. The van der Waals surface area contributed by atoms with Crippen LogP contribution in [0.4, 0.5) is 0 Å². The number of ketones is 1. The van der Waals surface area contributed by atoms with Crippen molar-refractivity contribution in [2.75, 3.05) is 13.2 Å². The van der Waals surface area contributed by atoms with E-state index >= 15 is 0 Å². The van der Waals surface area contributed by atoms with Gasteiger partial charge in [0.25, 0.3) is 0 Å². The van der Waals surface area contributed by atoms with Gasteiger partial charge in [-0.05, 0) is 36.8 Å². The summed E-state index contributed by atoms with van der Waals surface area (Å²) in [6, 6.07) is 12.9. The number of rotatable bonds is 5. The van der Waals surface area contributed by atoms with Crippen molar-refractivity contribution in [2.24, 2.45) is 0 Å². The number of para-hydroxylation sites is 1. The van der Waals surface area contributed by atoms with Crippen LogP contribution in [0.25, 0.3) is 17.0 Å². The molecule has 2 heterocycles. The summed E-state index contributed by atoms with van der Waals surface area (Å²) in [6.07, 6.45) is 3.66. The zero-order valence-electron chi connectivity index (χ0n) is 15.3. The zero-order chi connectivity index (χ0) is 19.5. The molecule has 6 nitrogen and oxygen atoms in total. The second-order valence-electron chi connectivity index (χ2n) is 6.43. The first kappa shape index (κ1) is 17.9. The zero-order valence-corrected chi connectivity index (χ0v) is 15.3. The molecule has 0 aliphatic carbocycles. The molecule has 3 aromatic rings. The highest BCUT2D eigenvalue weighted by molar-refractivity contribution is 6.10. The number of fused-ring (bicyclic) bond motifs is 2. The van der Waals surface area contributed by atoms with Gasteiger partial charge in [-0.15, -0.1) is 0 Å². The number of esters is 1. The average Bonchev–Trinajstić information content (AvgIpc) is 3.15. The molecule has 2 aromatic carbocycles. The van der Waals surface area contributed by atoms with Crippen LogP contribution in [0.3, 0.4) is 0 Å². The van der Waals surface area contributed by atoms with Crippen LogP contribution in [-0.4, -0.2) is 36.1 Å². The van der Waals surface area contributed by atoms with E-state index in [2.05, 4.69) is 4.98 Å². The smallest absolute Gasteiger partial charge is 0.331 e. The van der Waals surface area contributed by atoms with Gasteiger partial charge in [-0.3, -0.25) is 4.79 Å². The summed E-state index contributed by atoms with van der Waals surface area (Å²) in [6.45, 7) is 2.59. The Morgan fingerprint density at radius 3 is 2.75 bits per heavy atom. The lowest BCUT2D eigenvalue weighted by atomic mass is 10.1. The van der Waals surface area contributed by atoms with Crippen LogP contribution in [0.2, 0.25) is 0 Å². The van der Waals surface area contributed by atoms with E-state index in [0.29, 0.717) is 30.3 Å². The van der Waals surface area contributed by atoms with Crippen LogP contribution < -0.4 is 9.47 Å². The van der Waals surface area contributed by atoms with Gasteiger partial charge in [0.05, 0.1) is 0 Å². The molecule has 0 saturated heterocycles. The predicted octanol–water partition coefficient (Wildman–Crippen LogP) is 3.77. The number of aromatic nitrogens is 1. The number of benzene rings is 2. The van der Waals surface area contributed by atoms with E-state index in [4.69, 9.17) is 14.2 Å². The van der Waals surface area contributed by atoms with E-state index in [9.17, 15) is 9.59 Å². The van der Waals surface area contributed by atoms with Crippen LogP contribution in [0.5, 0.6) is 11.5 Å². The molecule has 1 aliphatic rings. The number of hydrogen-bond acceptors (Lipinski definition) is 5. The van der Waals surface area contributed by atoms with Crippen molar-refractivity contribution < 1.29 is 23.8 Å². The third kappa shape index (κ3) is 3.62. The minimum absolute atomic E-state index is 0.251. The molecule has 0 amide bonds. The van der Waals surface area contributed by atoms with E-state index in [-0.39, 0.29) is 5.78 Å². The highest BCUT2D eigenvalue weighted by Crippen LogP contribution is 2.31. The topological polar surface area (TPSA) is 77.6 Å². The fourth-order valence-electron chi connectivity index (χ4n) is 3.09. The van der Waals surface area contributed by atoms with Crippen molar-refractivity contribution in [3.8, 4) is 11.5 Å². The maximum absolute atomic E-state index is 12.6. The van der Waals surface area contributed by atoms with Crippen molar-refractivity contribution in [3.63, 3.8) is 0 Å². The van der Waals surface area contributed by atoms with E-state index < -0.39 is 12.1 Å². The summed E-state index contributed by atoms with van der Waals surface area (Å²) < 4.78 is 16.3. The maximum Gasteiger partial charge on any atom is 0.331 e. The fraction of sp³-hybridized carbons (Fsp3) is 0.182. The minimum Gasteiger partial charge on any atom is -0.486 e. The Morgan fingerprint density at radius 2 is 1.89 bits per heavy atom. The van der Waals surface area contributed by atoms with Crippen LogP contribution in [0, 0.1) is 0 Å². The Kier molecular flexibility index (Phi) is 4.85. The maximum atomic E-state index is 12.6. The lowest BCUT2D eigenvalue weighted by Crippen LogP contribution is -2.23. The Balaban J connectivity index is 1.41. The first-order chi connectivity index (χ1) is 13.6. The number of aromatic amines is 1. The van der Waals surface area contributed by atoms with Gasteiger partial charge in [0.1, 0.15) is 13.2 Å². The first-order valence-electron chi connectivity index (χ1n) is 9.00.